The molecule has 0 aliphatic rings. The first kappa shape index (κ1) is 11.3. The fraction of sp³-hybridized carbons (Fsp3) is 0.500. The summed E-state index contributed by atoms with van der Waals surface area (Å²) in [5.74, 6) is 1.07. The molecule has 0 fully saturated rings. The number of aryl methyl sites for hydroxylation is 1. The Hall–Kier alpha value is -1.16. The molecule has 2 rings (SSSR count). The highest BCUT2D eigenvalue weighted by Gasteiger charge is 2.11. The molecule has 3 nitrogen and oxygen atoms in total. The smallest absolute Gasteiger partial charge is 0.140 e. The van der Waals surface area contributed by atoms with Crippen LogP contribution < -0.4 is 4.90 Å². The van der Waals surface area contributed by atoms with E-state index in [1.54, 1.807) is 17.7 Å². The van der Waals surface area contributed by atoms with Crippen LogP contribution in [0.15, 0.2) is 12.4 Å². The Morgan fingerprint density at radius 2 is 1.94 bits per heavy atom. The van der Waals surface area contributed by atoms with E-state index in [0.717, 1.165) is 30.2 Å². The molecule has 0 bridgehead atoms. The summed E-state index contributed by atoms with van der Waals surface area (Å²) in [4.78, 5) is 13.5. The first-order valence-electron chi connectivity index (χ1n) is 5.78. The lowest BCUT2D eigenvalue weighted by Crippen LogP contribution is -2.23. The van der Waals surface area contributed by atoms with E-state index in [2.05, 4.69) is 41.7 Å². The molecule has 16 heavy (non-hydrogen) atoms. The van der Waals surface area contributed by atoms with Gasteiger partial charge in [0.2, 0.25) is 0 Å². The molecule has 0 aromatic carbocycles. The molecule has 0 spiro atoms. The lowest BCUT2D eigenvalue weighted by Gasteiger charge is -2.19. The maximum absolute atomic E-state index is 4.42. The number of anilines is 1. The van der Waals surface area contributed by atoms with Gasteiger partial charge in [-0.15, -0.1) is 11.3 Å². The molecule has 0 saturated carbocycles. The fourth-order valence-corrected chi connectivity index (χ4v) is 2.77. The predicted molar refractivity (Wildman–Crippen MR) is 70.4 cm³/mol. The van der Waals surface area contributed by atoms with Gasteiger partial charge in [0.1, 0.15) is 17.0 Å². The Bertz CT molecular complexity index is 474. The van der Waals surface area contributed by atoms with Crippen molar-refractivity contribution in [2.45, 2.75) is 27.2 Å². The topological polar surface area (TPSA) is 29.0 Å². The van der Waals surface area contributed by atoms with E-state index in [9.17, 15) is 0 Å². The van der Waals surface area contributed by atoms with Crippen molar-refractivity contribution in [2.75, 3.05) is 18.0 Å². The van der Waals surface area contributed by atoms with Crippen LogP contribution in [-0.4, -0.2) is 23.1 Å². The first-order chi connectivity index (χ1) is 7.80. The Labute approximate surface area is 100 Å². The second kappa shape index (κ2) is 4.78. The summed E-state index contributed by atoms with van der Waals surface area (Å²) in [7, 11) is 0. The number of nitrogens with zero attached hydrogens (tertiary/aromatic N) is 3. The minimum Gasteiger partial charge on any atom is -0.357 e. The Kier molecular flexibility index (Phi) is 3.39. The second-order valence-corrected chi connectivity index (χ2v) is 4.77. The molecule has 0 aliphatic carbocycles. The van der Waals surface area contributed by atoms with E-state index >= 15 is 0 Å². The highest BCUT2D eigenvalue weighted by molar-refractivity contribution is 7.18. The van der Waals surface area contributed by atoms with Gasteiger partial charge >= 0.3 is 0 Å². The van der Waals surface area contributed by atoms with Crippen molar-refractivity contribution in [3.8, 4) is 0 Å². The minimum atomic E-state index is 0.986. The number of aromatic nitrogens is 2. The van der Waals surface area contributed by atoms with E-state index in [1.807, 2.05) is 0 Å². The molecule has 0 amide bonds. The third-order valence-electron chi connectivity index (χ3n) is 2.77. The van der Waals surface area contributed by atoms with Gasteiger partial charge < -0.3 is 4.90 Å². The Morgan fingerprint density at radius 1 is 1.19 bits per heavy atom. The third kappa shape index (κ3) is 1.89. The average Bonchev–Trinajstić information content (AvgIpc) is 2.74. The van der Waals surface area contributed by atoms with Crippen molar-refractivity contribution in [3.05, 3.63) is 17.3 Å². The molecule has 0 aliphatic heterocycles. The van der Waals surface area contributed by atoms with E-state index in [1.165, 1.54) is 10.3 Å². The zero-order valence-corrected chi connectivity index (χ0v) is 10.8. The van der Waals surface area contributed by atoms with E-state index in [4.69, 9.17) is 0 Å². The normalized spacial score (nSPS) is 10.9. The van der Waals surface area contributed by atoms with Gasteiger partial charge in [-0.25, -0.2) is 9.97 Å². The van der Waals surface area contributed by atoms with Crippen LogP contribution in [0.5, 0.6) is 0 Å². The van der Waals surface area contributed by atoms with E-state index < -0.39 is 0 Å². The lowest BCUT2D eigenvalue weighted by molar-refractivity contribution is 0.849. The quantitative estimate of drug-likeness (QED) is 0.815. The Morgan fingerprint density at radius 3 is 2.56 bits per heavy atom. The maximum Gasteiger partial charge on any atom is 0.140 e. The predicted octanol–water partition coefficient (Wildman–Crippen LogP) is 3.10. The molecule has 0 atom stereocenters. The fourth-order valence-electron chi connectivity index (χ4n) is 1.84. The number of hydrogen-bond donors (Lipinski definition) is 0. The molecule has 2 aromatic rings. The van der Waals surface area contributed by atoms with Crippen LogP contribution in [0.2, 0.25) is 0 Å². The zero-order chi connectivity index (χ0) is 11.5. The minimum absolute atomic E-state index is 0.986. The van der Waals surface area contributed by atoms with E-state index in [0.29, 0.717) is 0 Å². The average molecular weight is 235 g/mol. The van der Waals surface area contributed by atoms with Crippen LogP contribution >= 0.6 is 11.3 Å². The van der Waals surface area contributed by atoms with Crippen molar-refractivity contribution in [1.82, 2.24) is 9.97 Å². The molecule has 86 valence electrons. The molecule has 0 N–H and O–H groups in total. The van der Waals surface area contributed by atoms with Crippen molar-refractivity contribution in [1.29, 1.82) is 0 Å². The zero-order valence-electron chi connectivity index (χ0n) is 10.0. The van der Waals surface area contributed by atoms with Crippen molar-refractivity contribution in [2.24, 2.45) is 0 Å². The van der Waals surface area contributed by atoms with Crippen LogP contribution in [-0.2, 0) is 6.42 Å². The van der Waals surface area contributed by atoms with Crippen LogP contribution in [0.1, 0.15) is 25.6 Å². The molecule has 0 unspecified atom stereocenters. The van der Waals surface area contributed by atoms with E-state index in [-0.39, 0.29) is 0 Å². The lowest BCUT2D eigenvalue weighted by atomic mass is 10.3. The highest BCUT2D eigenvalue weighted by atomic mass is 32.1. The molecule has 2 heterocycles. The molecule has 0 radical (unpaired) electrons. The molecule has 2 aromatic heterocycles. The van der Waals surface area contributed by atoms with Gasteiger partial charge in [-0.3, -0.25) is 0 Å². The summed E-state index contributed by atoms with van der Waals surface area (Å²) in [5.41, 5.74) is 0. The standard InChI is InChI=1S/C12H17N3S/c1-4-9-7-10-11(15(5-2)6-3)13-8-14-12(10)16-9/h7-8H,4-6H2,1-3H3. The SMILES string of the molecule is CCc1cc2c(N(CC)CC)ncnc2s1. The van der Waals surface area contributed by atoms with Crippen molar-refractivity contribution in [3.63, 3.8) is 0 Å². The second-order valence-electron chi connectivity index (χ2n) is 3.65. The number of hydrogen-bond acceptors (Lipinski definition) is 4. The van der Waals surface area contributed by atoms with Crippen LogP contribution in [0.25, 0.3) is 10.2 Å². The van der Waals surface area contributed by atoms with Gasteiger partial charge in [0.25, 0.3) is 0 Å². The third-order valence-corrected chi connectivity index (χ3v) is 3.96. The van der Waals surface area contributed by atoms with Gasteiger partial charge in [0.05, 0.1) is 5.39 Å². The number of thiophene rings is 1. The highest BCUT2D eigenvalue weighted by Crippen LogP contribution is 2.30. The van der Waals surface area contributed by atoms with Crippen LogP contribution in [0.3, 0.4) is 0 Å². The summed E-state index contributed by atoms with van der Waals surface area (Å²) in [6, 6.07) is 2.23. The van der Waals surface area contributed by atoms with Crippen LogP contribution in [0.4, 0.5) is 5.82 Å². The maximum atomic E-state index is 4.42. The van der Waals surface area contributed by atoms with Crippen molar-refractivity contribution >= 4 is 27.4 Å². The van der Waals surface area contributed by atoms with Gasteiger partial charge in [0, 0.05) is 18.0 Å². The van der Waals surface area contributed by atoms with Gasteiger partial charge in [-0.2, -0.15) is 0 Å². The molecular weight excluding hydrogens is 218 g/mol. The number of rotatable bonds is 4. The molecule has 0 saturated heterocycles. The van der Waals surface area contributed by atoms with Crippen molar-refractivity contribution < 1.29 is 0 Å². The molecule has 4 heteroatoms. The summed E-state index contributed by atoms with van der Waals surface area (Å²) >= 11 is 1.77. The monoisotopic (exact) mass is 235 g/mol. The van der Waals surface area contributed by atoms with Crippen LogP contribution in [0, 0.1) is 0 Å². The Balaban J connectivity index is 2.55. The van der Waals surface area contributed by atoms with Gasteiger partial charge in [-0.05, 0) is 26.3 Å². The number of fused-ring (bicyclic) bond motifs is 1. The summed E-state index contributed by atoms with van der Waals surface area (Å²) in [5, 5.41) is 1.20. The summed E-state index contributed by atoms with van der Waals surface area (Å²) in [6.45, 7) is 8.46. The first-order valence-corrected chi connectivity index (χ1v) is 6.60. The summed E-state index contributed by atoms with van der Waals surface area (Å²) in [6.07, 6.45) is 2.74. The molecular formula is C12H17N3S. The largest absolute Gasteiger partial charge is 0.357 e. The van der Waals surface area contributed by atoms with Gasteiger partial charge in [0.15, 0.2) is 0 Å². The van der Waals surface area contributed by atoms with Gasteiger partial charge in [-0.1, -0.05) is 6.92 Å². The summed E-state index contributed by atoms with van der Waals surface area (Å²) < 4.78 is 0.